The van der Waals surface area contributed by atoms with Crippen LogP contribution in [-0.4, -0.2) is 60.9 Å². The molecule has 6 rings (SSSR count). The van der Waals surface area contributed by atoms with Crippen LogP contribution in [0.15, 0.2) is 18.2 Å². The van der Waals surface area contributed by atoms with Crippen LogP contribution >= 0.6 is 0 Å². The van der Waals surface area contributed by atoms with Gasteiger partial charge in [-0.2, -0.15) is 0 Å². The lowest BCUT2D eigenvalue weighted by atomic mass is 9.56. The third kappa shape index (κ3) is 2.31. The van der Waals surface area contributed by atoms with Crippen molar-refractivity contribution in [3.8, 4) is 5.75 Å². The zero-order valence-electron chi connectivity index (χ0n) is 16.5. The summed E-state index contributed by atoms with van der Waals surface area (Å²) in [6, 6.07) is 6.14. The number of nitrogens with one attached hydrogen (secondary N) is 1. The van der Waals surface area contributed by atoms with Gasteiger partial charge in [-0.1, -0.05) is 0 Å². The van der Waals surface area contributed by atoms with Crippen molar-refractivity contribution >= 4 is 16.9 Å². The van der Waals surface area contributed by atoms with Crippen LogP contribution in [0, 0.1) is 11.8 Å². The number of aromatic nitrogens is 1. The van der Waals surface area contributed by atoms with Gasteiger partial charge >= 0.3 is 5.97 Å². The van der Waals surface area contributed by atoms with E-state index in [1.807, 2.05) is 12.1 Å². The molecule has 0 radical (unpaired) electrons. The fourth-order valence-electron chi connectivity index (χ4n) is 6.47. The second-order valence-electron chi connectivity index (χ2n) is 8.62. The average molecular weight is 384 g/mol. The molecule has 4 aliphatic rings. The molecular weight excluding hydrogens is 356 g/mol. The molecule has 0 spiro atoms. The minimum Gasteiger partial charge on any atom is -0.497 e. The number of esters is 1. The molecule has 2 aromatic rings. The lowest BCUT2D eigenvalue weighted by Crippen LogP contribution is -2.67. The van der Waals surface area contributed by atoms with Crippen molar-refractivity contribution in [1.29, 1.82) is 0 Å². The van der Waals surface area contributed by atoms with Crippen LogP contribution in [0.2, 0.25) is 0 Å². The summed E-state index contributed by atoms with van der Waals surface area (Å²) in [5.41, 5.74) is 2.61. The molecule has 3 aliphatic heterocycles. The van der Waals surface area contributed by atoms with Gasteiger partial charge in [0.25, 0.3) is 0 Å². The van der Waals surface area contributed by atoms with Crippen molar-refractivity contribution in [3.05, 3.63) is 29.5 Å². The molecule has 2 N–H and O–H groups in total. The Labute approximate surface area is 164 Å². The number of hydrogen-bond acceptors (Lipinski definition) is 5. The molecule has 2 saturated heterocycles. The number of aromatic amines is 1. The molecule has 150 valence electrons. The van der Waals surface area contributed by atoms with Gasteiger partial charge in [-0.25, -0.2) is 0 Å². The Hall–Kier alpha value is -2.05. The number of fused-ring (bicyclic) bond motifs is 4. The standard InChI is InChI=1S/C22H28N2O4/c1-27-15-3-4-18-17(10-15)16-5-7-24-12-13-9-14(6-8-25)20(24)22(11-13,19(16)23-18)21(26)28-2/h3-4,10,13-14,20,23,25H,5-9,11-12H2,1-2H3. The third-order valence-electron chi connectivity index (χ3n) is 7.34. The molecule has 1 aromatic heterocycles. The second-order valence-corrected chi connectivity index (χ2v) is 8.62. The van der Waals surface area contributed by atoms with E-state index in [4.69, 9.17) is 9.47 Å². The summed E-state index contributed by atoms with van der Waals surface area (Å²) < 4.78 is 10.9. The van der Waals surface area contributed by atoms with Gasteiger partial charge in [-0.05, 0) is 61.3 Å². The normalized spacial score (nSPS) is 33.4. The molecule has 28 heavy (non-hydrogen) atoms. The number of benzene rings is 1. The first-order valence-electron chi connectivity index (χ1n) is 10.2. The molecule has 5 atom stereocenters. The number of aliphatic hydroxyl groups is 1. The molecular formula is C22H28N2O4. The third-order valence-corrected chi connectivity index (χ3v) is 7.34. The number of H-pyrrole nitrogens is 1. The Balaban J connectivity index is 1.76. The quantitative estimate of drug-likeness (QED) is 0.791. The van der Waals surface area contributed by atoms with Crippen LogP contribution in [0.4, 0.5) is 0 Å². The van der Waals surface area contributed by atoms with Crippen molar-refractivity contribution < 1.29 is 19.4 Å². The molecule has 6 heteroatoms. The Morgan fingerprint density at radius 2 is 2.25 bits per heavy atom. The van der Waals surface area contributed by atoms with Gasteiger partial charge in [0, 0.05) is 42.3 Å². The van der Waals surface area contributed by atoms with Crippen LogP contribution in [0.1, 0.15) is 30.5 Å². The predicted octanol–water partition coefficient (Wildman–Crippen LogP) is 2.24. The Kier molecular flexibility index (Phi) is 4.18. The van der Waals surface area contributed by atoms with Gasteiger partial charge in [-0.3, -0.25) is 9.69 Å². The Morgan fingerprint density at radius 3 is 3.00 bits per heavy atom. The van der Waals surface area contributed by atoms with E-state index in [1.165, 1.54) is 12.7 Å². The molecule has 1 aliphatic carbocycles. The van der Waals surface area contributed by atoms with E-state index in [2.05, 4.69) is 16.0 Å². The first-order valence-corrected chi connectivity index (χ1v) is 10.2. The number of rotatable bonds is 4. The van der Waals surface area contributed by atoms with Crippen LogP contribution in [0.25, 0.3) is 10.9 Å². The summed E-state index contributed by atoms with van der Waals surface area (Å²) in [5.74, 6) is 1.45. The first kappa shape index (κ1) is 18.0. The van der Waals surface area contributed by atoms with Crippen molar-refractivity contribution in [3.63, 3.8) is 0 Å². The molecule has 5 unspecified atom stereocenters. The highest BCUT2D eigenvalue weighted by Gasteiger charge is 2.62. The summed E-state index contributed by atoms with van der Waals surface area (Å²) in [7, 11) is 3.18. The maximum Gasteiger partial charge on any atom is 0.319 e. The number of methoxy groups -OCH3 is 2. The summed E-state index contributed by atoms with van der Waals surface area (Å²) in [5, 5.41) is 10.8. The topological polar surface area (TPSA) is 74.8 Å². The largest absolute Gasteiger partial charge is 0.497 e. The lowest BCUT2D eigenvalue weighted by Gasteiger charge is -2.57. The minimum atomic E-state index is -0.687. The zero-order valence-corrected chi connectivity index (χ0v) is 16.5. The number of ether oxygens (including phenoxy) is 2. The number of piperidine rings is 2. The van der Waals surface area contributed by atoms with Crippen LogP contribution < -0.4 is 4.74 Å². The van der Waals surface area contributed by atoms with E-state index in [0.717, 1.165) is 61.1 Å². The molecule has 4 heterocycles. The van der Waals surface area contributed by atoms with Crippen molar-refractivity contribution in [2.75, 3.05) is 33.9 Å². The van der Waals surface area contributed by atoms with Gasteiger partial charge in [0.15, 0.2) is 0 Å². The van der Waals surface area contributed by atoms with Gasteiger partial charge in [0.2, 0.25) is 0 Å². The van der Waals surface area contributed by atoms with Gasteiger partial charge in [0.1, 0.15) is 11.2 Å². The maximum atomic E-state index is 13.4. The molecule has 1 aromatic carbocycles. The molecule has 3 fully saturated rings. The summed E-state index contributed by atoms with van der Waals surface area (Å²) in [6.07, 6.45) is 3.54. The zero-order chi connectivity index (χ0) is 19.5. The minimum absolute atomic E-state index is 0.0771. The SMILES string of the molecule is COC(=O)C12CC3CC(CCO)C1N(CCc1c2[nH]c2ccc(OC)cc12)C3. The van der Waals surface area contributed by atoms with E-state index >= 15 is 0 Å². The highest BCUT2D eigenvalue weighted by Crippen LogP contribution is 2.55. The highest BCUT2D eigenvalue weighted by atomic mass is 16.5. The van der Waals surface area contributed by atoms with Crippen molar-refractivity contribution in [1.82, 2.24) is 9.88 Å². The number of aliphatic hydroxyl groups excluding tert-OH is 1. The van der Waals surface area contributed by atoms with E-state index in [1.54, 1.807) is 7.11 Å². The number of hydrogen-bond donors (Lipinski definition) is 2. The Bertz CT molecular complexity index is 923. The average Bonchev–Trinajstić information content (AvgIpc) is 3.05. The van der Waals surface area contributed by atoms with Gasteiger partial charge in [0.05, 0.1) is 14.2 Å². The maximum absolute atomic E-state index is 13.4. The molecule has 6 nitrogen and oxygen atoms in total. The summed E-state index contributed by atoms with van der Waals surface area (Å²) in [6.45, 7) is 2.13. The fraction of sp³-hybridized carbons (Fsp3) is 0.591. The van der Waals surface area contributed by atoms with Crippen molar-refractivity contribution in [2.24, 2.45) is 11.8 Å². The van der Waals surface area contributed by atoms with E-state index < -0.39 is 5.41 Å². The number of carbonyl (C=O) groups excluding carboxylic acids is 1. The van der Waals surface area contributed by atoms with Crippen LogP contribution in [0.5, 0.6) is 5.75 Å². The molecule has 4 bridgehead atoms. The van der Waals surface area contributed by atoms with E-state index in [0.29, 0.717) is 11.8 Å². The highest BCUT2D eigenvalue weighted by molar-refractivity contribution is 5.92. The monoisotopic (exact) mass is 384 g/mol. The van der Waals surface area contributed by atoms with E-state index in [9.17, 15) is 9.90 Å². The van der Waals surface area contributed by atoms with Crippen LogP contribution in [0.3, 0.4) is 0 Å². The van der Waals surface area contributed by atoms with E-state index in [-0.39, 0.29) is 18.6 Å². The van der Waals surface area contributed by atoms with Gasteiger partial charge in [-0.15, -0.1) is 0 Å². The van der Waals surface area contributed by atoms with Crippen LogP contribution in [-0.2, 0) is 21.4 Å². The fourth-order valence-corrected chi connectivity index (χ4v) is 6.47. The summed E-state index contributed by atoms with van der Waals surface area (Å²) >= 11 is 0. The number of carbonyl (C=O) groups is 1. The predicted molar refractivity (Wildman–Crippen MR) is 106 cm³/mol. The lowest BCUT2D eigenvalue weighted by molar-refractivity contribution is -0.162. The van der Waals surface area contributed by atoms with Gasteiger partial charge < -0.3 is 19.6 Å². The first-order chi connectivity index (χ1) is 13.6. The molecule has 1 saturated carbocycles. The second kappa shape index (κ2) is 6.49. The number of nitrogens with zero attached hydrogens (tertiary/aromatic N) is 1. The molecule has 0 amide bonds. The smallest absolute Gasteiger partial charge is 0.319 e. The Morgan fingerprint density at radius 1 is 1.39 bits per heavy atom. The van der Waals surface area contributed by atoms with Crippen molar-refractivity contribution in [2.45, 2.75) is 37.1 Å². The summed E-state index contributed by atoms with van der Waals surface area (Å²) in [4.78, 5) is 19.5.